The van der Waals surface area contributed by atoms with E-state index in [0.717, 1.165) is 6.42 Å². The summed E-state index contributed by atoms with van der Waals surface area (Å²) in [6.07, 6.45) is 1.88. The molecule has 0 aliphatic carbocycles. The first-order chi connectivity index (χ1) is 4.77. The van der Waals surface area contributed by atoms with Gasteiger partial charge in [0.05, 0.1) is 6.61 Å². The van der Waals surface area contributed by atoms with Gasteiger partial charge in [0, 0.05) is 6.61 Å². The van der Waals surface area contributed by atoms with Crippen LogP contribution in [0.15, 0.2) is 0 Å². The molecule has 1 saturated heterocycles. The molecule has 60 valence electrons. The van der Waals surface area contributed by atoms with E-state index < -0.39 is 5.67 Å². The molecule has 1 fully saturated rings. The van der Waals surface area contributed by atoms with Gasteiger partial charge in [0.15, 0.2) is 0 Å². The van der Waals surface area contributed by atoms with Crippen molar-refractivity contribution in [2.75, 3.05) is 19.8 Å². The first-order valence-corrected chi connectivity index (χ1v) is 3.74. The van der Waals surface area contributed by atoms with Crippen molar-refractivity contribution in [1.29, 1.82) is 0 Å². The molecule has 1 atom stereocenters. The van der Waals surface area contributed by atoms with Crippen molar-refractivity contribution in [3.8, 4) is 0 Å². The number of hydrogen-bond donors (Lipinski definition) is 1. The van der Waals surface area contributed by atoms with Gasteiger partial charge in [-0.2, -0.15) is 0 Å². The topological polar surface area (TPSA) is 35.2 Å². The molecule has 0 aromatic rings. The van der Waals surface area contributed by atoms with Crippen LogP contribution in [0.25, 0.3) is 0 Å². The average Bonchev–Trinajstić information content (AvgIpc) is 1.89. The van der Waals surface area contributed by atoms with Crippen molar-refractivity contribution >= 4 is 0 Å². The molecule has 0 saturated carbocycles. The summed E-state index contributed by atoms with van der Waals surface area (Å²) >= 11 is 0. The van der Waals surface area contributed by atoms with E-state index >= 15 is 0 Å². The van der Waals surface area contributed by atoms with Crippen LogP contribution in [0.4, 0.5) is 4.39 Å². The Kier molecular flexibility index (Phi) is 2.63. The number of hydrogen-bond acceptors (Lipinski definition) is 2. The van der Waals surface area contributed by atoms with E-state index in [4.69, 9.17) is 10.5 Å². The summed E-state index contributed by atoms with van der Waals surface area (Å²) in [4.78, 5) is 0. The van der Waals surface area contributed by atoms with Crippen molar-refractivity contribution in [3.63, 3.8) is 0 Å². The van der Waals surface area contributed by atoms with Crippen LogP contribution in [0.5, 0.6) is 0 Å². The van der Waals surface area contributed by atoms with E-state index in [1.165, 1.54) is 0 Å². The lowest BCUT2D eigenvalue weighted by Crippen LogP contribution is -2.36. The first-order valence-electron chi connectivity index (χ1n) is 3.74. The Hall–Kier alpha value is -0.150. The molecule has 2 N–H and O–H groups in total. The summed E-state index contributed by atoms with van der Waals surface area (Å²) in [5.41, 5.74) is 4.13. The summed E-state index contributed by atoms with van der Waals surface area (Å²) in [5.74, 6) is 0. The van der Waals surface area contributed by atoms with Crippen LogP contribution < -0.4 is 5.73 Å². The highest BCUT2D eigenvalue weighted by molar-refractivity contribution is 4.81. The van der Waals surface area contributed by atoms with E-state index in [-0.39, 0.29) is 6.61 Å². The Morgan fingerprint density at radius 1 is 1.60 bits per heavy atom. The van der Waals surface area contributed by atoms with E-state index in [1.54, 1.807) is 0 Å². The smallest absolute Gasteiger partial charge is 0.135 e. The van der Waals surface area contributed by atoms with Crippen molar-refractivity contribution in [3.05, 3.63) is 0 Å². The predicted molar refractivity (Wildman–Crippen MR) is 37.6 cm³/mol. The number of nitrogens with two attached hydrogens (primary N) is 1. The standard InChI is InChI=1S/C7H14FNO/c8-7(3-4-9)2-1-5-10-6-7/h1-6,9H2. The second-order valence-corrected chi connectivity index (χ2v) is 2.85. The largest absolute Gasteiger partial charge is 0.378 e. The molecule has 1 aliphatic rings. The zero-order chi connectivity index (χ0) is 7.45. The van der Waals surface area contributed by atoms with Gasteiger partial charge in [0.2, 0.25) is 0 Å². The SMILES string of the molecule is NCCC1(F)CCCOC1. The summed E-state index contributed by atoms with van der Waals surface area (Å²) in [6.45, 7) is 1.36. The molecule has 2 nitrogen and oxygen atoms in total. The highest BCUT2D eigenvalue weighted by Crippen LogP contribution is 2.26. The van der Waals surface area contributed by atoms with Gasteiger partial charge in [0.1, 0.15) is 5.67 Å². The van der Waals surface area contributed by atoms with Crippen LogP contribution in [0.1, 0.15) is 19.3 Å². The quantitative estimate of drug-likeness (QED) is 0.628. The zero-order valence-electron chi connectivity index (χ0n) is 6.11. The van der Waals surface area contributed by atoms with Crippen molar-refractivity contribution < 1.29 is 9.13 Å². The Morgan fingerprint density at radius 2 is 2.40 bits per heavy atom. The summed E-state index contributed by atoms with van der Waals surface area (Å²) in [6, 6.07) is 0. The van der Waals surface area contributed by atoms with Crippen LogP contribution in [0.3, 0.4) is 0 Å². The Balaban J connectivity index is 2.32. The van der Waals surface area contributed by atoms with Crippen molar-refractivity contribution in [1.82, 2.24) is 0 Å². The molecule has 10 heavy (non-hydrogen) atoms. The number of rotatable bonds is 2. The highest BCUT2D eigenvalue weighted by Gasteiger charge is 2.31. The molecular weight excluding hydrogens is 133 g/mol. The predicted octanol–water partition coefficient (Wildman–Crippen LogP) is 0.854. The summed E-state index contributed by atoms with van der Waals surface area (Å²) < 4.78 is 18.4. The molecule has 0 radical (unpaired) electrons. The maximum Gasteiger partial charge on any atom is 0.135 e. The lowest BCUT2D eigenvalue weighted by Gasteiger charge is -2.28. The average molecular weight is 147 g/mol. The normalized spacial score (nSPS) is 34.2. The molecule has 1 unspecified atom stereocenters. The van der Waals surface area contributed by atoms with Crippen LogP contribution in [0, 0.1) is 0 Å². The van der Waals surface area contributed by atoms with Gasteiger partial charge < -0.3 is 10.5 Å². The van der Waals surface area contributed by atoms with Crippen molar-refractivity contribution in [2.45, 2.75) is 24.9 Å². The van der Waals surface area contributed by atoms with Gasteiger partial charge in [-0.15, -0.1) is 0 Å². The van der Waals surface area contributed by atoms with E-state index in [0.29, 0.717) is 26.0 Å². The molecule has 1 heterocycles. The fourth-order valence-electron chi connectivity index (χ4n) is 1.27. The maximum absolute atomic E-state index is 13.4. The molecule has 0 aromatic heterocycles. The van der Waals surface area contributed by atoms with Gasteiger partial charge in [-0.25, -0.2) is 4.39 Å². The Labute approximate surface area is 60.5 Å². The fourth-order valence-corrected chi connectivity index (χ4v) is 1.27. The zero-order valence-corrected chi connectivity index (χ0v) is 6.11. The highest BCUT2D eigenvalue weighted by atomic mass is 19.1. The Bertz CT molecular complexity index is 96.3. The number of halogens is 1. The second kappa shape index (κ2) is 3.30. The third-order valence-corrected chi connectivity index (χ3v) is 1.87. The van der Waals surface area contributed by atoms with Crippen LogP contribution in [0.2, 0.25) is 0 Å². The van der Waals surface area contributed by atoms with Crippen LogP contribution in [-0.4, -0.2) is 25.4 Å². The fraction of sp³-hybridized carbons (Fsp3) is 1.00. The lowest BCUT2D eigenvalue weighted by atomic mass is 9.95. The molecule has 0 spiro atoms. The Morgan fingerprint density at radius 3 is 2.90 bits per heavy atom. The van der Waals surface area contributed by atoms with Crippen LogP contribution >= 0.6 is 0 Å². The van der Waals surface area contributed by atoms with E-state index in [2.05, 4.69) is 0 Å². The third kappa shape index (κ3) is 1.92. The minimum Gasteiger partial charge on any atom is -0.378 e. The van der Waals surface area contributed by atoms with Gasteiger partial charge in [-0.3, -0.25) is 0 Å². The van der Waals surface area contributed by atoms with Gasteiger partial charge in [-0.1, -0.05) is 0 Å². The number of ether oxygens (including phenoxy) is 1. The molecule has 1 aliphatic heterocycles. The minimum absolute atomic E-state index is 0.240. The monoisotopic (exact) mass is 147 g/mol. The van der Waals surface area contributed by atoms with E-state index in [1.807, 2.05) is 0 Å². The lowest BCUT2D eigenvalue weighted by molar-refractivity contribution is -0.0343. The minimum atomic E-state index is -1.12. The van der Waals surface area contributed by atoms with Crippen LogP contribution in [-0.2, 0) is 4.74 Å². The molecule has 0 aromatic carbocycles. The van der Waals surface area contributed by atoms with E-state index in [9.17, 15) is 4.39 Å². The van der Waals surface area contributed by atoms with Gasteiger partial charge in [0.25, 0.3) is 0 Å². The molecule has 1 rings (SSSR count). The summed E-state index contributed by atoms with van der Waals surface area (Å²) in [7, 11) is 0. The van der Waals surface area contributed by atoms with Gasteiger partial charge >= 0.3 is 0 Å². The third-order valence-electron chi connectivity index (χ3n) is 1.87. The summed E-state index contributed by atoms with van der Waals surface area (Å²) in [5, 5.41) is 0. The second-order valence-electron chi connectivity index (χ2n) is 2.85. The molecule has 0 bridgehead atoms. The molecule has 3 heteroatoms. The molecular formula is C7H14FNO. The first kappa shape index (κ1) is 7.95. The van der Waals surface area contributed by atoms with Crippen molar-refractivity contribution in [2.24, 2.45) is 5.73 Å². The molecule has 0 amide bonds. The number of alkyl halides is 1. The maximum atomic E-state index is 13.4. The van der Waals surface area contributed by atoms with Gasteiger partial charge in [-0.05, 0) is 25.8 Å².